The summed E-state index contributed by atoms with van der Waals surface area (Å²) in [5.41, 5.74) is 1.11. The maximum absolute atomic E-state index is 12.0. The lowest BCUT2D eigenvalue weighted by Gasteiger charge is -2.32. The van der Waals surface area contributed by atoms with E-state index in [2.05, 4.69) is 26.6 Å². The van der Waals surface area contributed by atoms with Gasteiger partial charge < -0.3 is 10.6 Å². The van der Waals surface area contributed by atoms with Gasteiger partial charge in [-0.25, -0.2) is 0 Å². The van der Waals surface area contributed by atoms with Crippen LogP contribution in [0.25, 0.3) is 0 Å². The van der Waals surface area contributed by atoms with Crippen molar-refractivity contribution in [2.45, 2.75) is 32.4 Å². The first-order valence-electron chi connectivity index (χ1n) is 7.76. The predicted molar refractivity (Wildman–Crippen MR) is 106 cm³/mol. The Bertz CT molecular complexity index is 442. The molecule has 1 atom stereocenters. The summed E-state index contributed by atoms with van der Waals surface area (Å²) in [4.78, 5) is 18.8. The Morgan fingerprint density at radius 1 is 1.29 bits per heavy atom. The number of likely N-dealkylation sites (tertiary alicyclic amines) is 1. The molecule has 1 aliphatic heterocycles. The minimum Gasteiger partial charge on any atom is -0.353 e. The summed E-state index contributed by atoms with van der Waals surface area (Å²) < 4.78 is 0. The van der Waals surface area contributed by atoms with Crippen molar-refractivity contribution in [1.82, 2.24) is 20.5 Å². The fourth-order valence-electron chi connectivity index (χ4n) is 2.70. The number of rotatable bonds is 6. The molecule has 1 amide bonds. The Hall–Kier alpha value is -0.590. The van der Waals surface area contributed by atoms with Gasteiger partial charge in [-0.05, 0) is 32.0 Å². The first-order chi connectivity index (χ1) is 10.2. The molecule has 1 unspecified atom stereocenters. The number of hydrogen-bond donors (Lipinski definition) is 2. The zero-order valence-electron chi connectivity index (χ0n) is 14.2. The van der Waals surface area contributed by atoms with E-state index in [-0.39, 0.29) is 49.0 Å². The number of piperidine rings is 1. The summed E-state index contributed by atoms with van der Waals surface area (Å²) in [5.74, 6) is 0.189. The predicted octanol–water partition coefficient (Wildman–Crippen LogP) is 2.28. The van der Waals surface area contributed by atoms with Crippen molar-refractivity contribution in [2.24, 2.45) is 5.92 Å². The Morgan fingerprint density at radius 3 is 2.50 bits per heavy atom. The maximum Gasteiger partial charge on any atom is 0.224 e. The van der Waals surface area contributed by atoms with Crippen molar-refractivity contribution in [3.05, 3.63) is 30.1 Å². The van der Waals surface area contributed by atoms with E-state index in [4.69, 9.17) is 0 Å². The van der Waals surface area contributed by atoms with Crippen molar-refractivity contribution in [1.29, 1.82) is 0 Å². The number of carbonyl (C=O) groups excluding carboxylic acids is 1. The monoisotopic (exact) mass is 398 g/mol. The summed E-state index contributed by atoms with van der Waals surface area (Å²) >= 11 is 0. The van der Waals surface area contributed by atoms with Crippen molar-refractivity contribution >= 4 is 43.1 Å². The summed E-state index contributed by atoms with van der Waals surface area (Å²) in [6.45, 7) is 5.62. The van der Waals surface area contributed by atoms with Crippen LogP contribution in [0.1, 0.15) is 25.5 Å². The number of nitrogens with one attached hydrogen (secondary N) is 2. The van der Waals surface area contributed by atoms with Crippen LogP contribution in [0.3, 0.4) is 0 Å². The van der Waals surface area contributed by atoms with Crippen molar-refractivity contribution in [3.63, 3.8) is 0 Å². The molecule has 1 saturated heterocycles. The van der Waals surface area contributed by atoms with E-state index in [9.17, 15) is 4.79 Å². The molecular formula is C16H29Cl3N4O. The van der Waals surface area contributed by atoms with E-state index in [0.29, 0.717) is 6.04 Å². The maximum atomic E-state index is 12.0. The molecule has 24 heavy (non-hydrogen) atoms. The Kier molecular flexibility index (Phi) is 14.6. The summed E-state index contributed by atoms with van der Waals surface area (Å²) in [6, 6.07) is 6.35. The highest BCUT2D eigenvalue weighted by Gasteiger charge is 2.22. The van der Waals surface area contributed by atoms with E-state index in [1.165, 1.54) is 0 Å². The fraction of sp³-hybridized carbons (Fsp3) is 0.625. The second-order valence-electron chi connectivity index (χ2n) is 5.84. The average Bonchev–Trinajstić information content (AvgIpc) is 2.50. The van der Waals surface area contributed by atoms with Gasteiger partial charge in [-0.3, -0.25) is 14.7 Å². The summed E-state index contributed by atoms with van der Waals surface area (Å²) in [6.07, 6.45) is 3.88. The Labute approximate surface area is 163 Å². The third kappa shape index (κ3) is 8.49. The molecule has 2 rings (SSSR count). The van der Waals surface area contributed by atoms with Gasteiger partial charge in [0.15, 0.2) is 0 Å². The lowest BCUT2D eigenvalue weighted by atomic mass is 10.0. The van der Waals surface area contributed by atoms with Gasteiger partial charge in [0.2, 0.25) is 5.91 Å². The van der Waals surface area contributed by atoms with E-state index < -0.39 is 0 Å². The smallest absolute Gasteiger partial charge is 0.224 e. The molecule has 2 heterocycles. The van der Waals surface area contributed by atoms with Crippen LogP contribution in [0.5, 0.6) is 0 Å². The van der Waals surface area contributed by atoms with Gasteiger partial charge in [0.1, 0.15) is 0 Å². The summed E-state index contributed by atoms with van der Waals surface area (Å²) in [7, 11) is 1.87. The number of aromatic nitrogens is 1. The van der Waals surface area contributed by atoms with Crippen molar-refractivity contribution < 1.29 is 4.79 Å². The lowest BCUT2D eigenvalue weighted by Crippen LogP contribution is -2.46. The molecule has 0 saturated carbocycles. The first-order valence-corrected chi connectivity index (χ1v) is 7.76. The summed E-state index contributed by atoms with van der Waals surface area (Å²) in [5, 5.41) is 6.21. The quantitative estimate of drug-likeness (QED) is 0.770. The number of pyridine rings is 1. The average molecular weight is 400 g/mol. The molecule has 0 radical (unpaired) electrons. The van der Waals surface area contributed by atoms with Crippen LogP contribution in [0, 0.1) is 5.92 Å². The molecule has 0 aromatic carbocycles. The van der Waals surface area contributed by atoms with Gasteiger partial charge in [0.05, 0.1) is 5.69 Å². The van der Waals surface area contributed by atoms with E-state index in [1.54, 1.807) is 0 Å². The third-order valence-corrected chi connectivity index (χ3v) is 4.00. The number of amides is 1. The van der Waals surface area contributed by atoms with Crippen LogP contribution in [0.2, 0.25) is 0 Å². The van der Waals surface area contributed by atoms with Gasteiger partial charge in [-0.2, -0.15) is 0 Å². The molecule has 0 spiro atoms. The molecule has 1 aromatic heterocycles. The zero-order chi connectivity index (χ0) is 15.1. The highest BCUT2D eigenvalue weighted by atomic mass is 35.5. The van der Waals surface area contributed by atoms with Crippen LogP contribution in [0.4, 0.5) is 0 Å². The lowest BCUT2D eigenvalue weighted by molar-refractivity contribution is -0.125. The molecule has 1 fully saturated rings. The van der Waals surface area contributed by atoms with Crippen molar-refractivity contribution in [2.75, 3.05) is 26.7 Å². The first kappa shape index (κ1) is 25.6. The molecule has 8 heteroatoms. The molecule has 5 nitrogen and oxygen atoms in total. The topological polar surface area (TPSA) is 57.3 Å². The van der Waals surface area contributed by atoms with Crippen molar-refractivity contribution in [3.8, 4) is 0 Å². The molecule has 2 N–H and O–H groups in total. The van der Waals surface area contributed by atoms with Crippen LogP contribution < -0.4 is 10.6 Å². The van der Waals surface area contributed by atoms with Gasteiger partial charge in [0.25, 0.3) is 0 Å². The van der Waals surface area contributed by atoms with Crippen LogP contribution >= 0.6 is 37.2 Å². The molecule has 1 aromatic rings. The van der Waals surface area contributed by atoms with Gasteiger partial charge in [0, 0.05) is 44.3 Å². The van der Waals surface area contributed by atoms with Gasteiger partial charge >= 0.3 is 0 Å². The Morgan fingerprint density at radius 2 is 1.96 bits per heavy atom. The minimum absolute atomic E-state index is 0. The molecule has 0 bridgehead atoms. The SMILES string of the molecule is CNCC(C)C(=O)NC1CCN(Cc2ccccn2)CC1.Cl.Cl.Cl. The normalized spacial score (nSPS) is 16.1. The minimum atomic E-state index is 0. The van der Waals surface area contributed by atoms with Crippen LogP contribution in [0.15, 0.2) is 24.4 Å². The number of carbonyl (C=O) groups is 1. The third-order valence-electron chi connectivity index (χ3n) is 4.00. The molecular weight excluding hydrogens is 371 g/mol. The molecule has 140 valence electrons. The standard InChI is InChI=1S/C16H26N4O.3ClH/c1-13(11-17-2)16(21)19-14-6-9-20(10-7-14)12-15-5-3-4-8-18-15;;;/h3-5,8,13-14,17H,6-7,9-12H2,1-2H3,(H,19,21);3*1H. The molecule has 1 aliphatic rings. The van der Waals surface area contributed by atoms with E-state index in [0.717, 1.165) is 44.7 Å². The highest BCUT2D eigenvalue weighted by Crippen LogP contribution is 2.13. The number of halogens is 3. The largest absolute Gasteiger partial charge is 0.353 e. The van der Waals surface area contributed by atoms with E-state index >= 15 is 0 Å². The van der Waals surface area contributed by atoms with Gasteiger partial charge in [-0.1, -0.05) is 13.0 Å². The second-order valence-corrected chi connectivity index (χ2v) is 5.84. The van der Waals surface area contributed by atoms with E-state index in [1.807, 2.05) is 32.3 Å². The molecule has 0 aliphatic carbocycles. The van der Waals surface area contributed by atoms with Crippen LogP contribution in [-0.2, 0) is 11.3 Å². The second kappa shape index (κ2) is 13.7. The van der Waals surface area contributed by atoms with Crippen LogP contribution in [-0.4, -0.2) is 48.5 Å². The Balaban J connectivity index is 0. The van der Waals surface area contributed by atoms with Gasteiger partial charge in [-0.15, -0.1) is 37.2 Å². The fourth-order valence-corrected chi connectivity index (χ4v) is 2.70. The zero-order valence-corrected chi connectivity index (χ0v) is 16.7. The highest BCUT2D eigenvalue weighted by molar-refractivity contribution is 5.86. The number of nitrogens with zero attached hydrogens (tertiary/aromatic N) is 2. The number of hydrogen-bond acceptors (Lipinski definition) is 4.